The Morgan fingerprint density at radius 2 is 1.80 bits per heavy atom. The molecule has 2 aliphatic heterocycles. The Bertz CT molecular complexity index is 851. The van der Waals surface area contributed by atoms with E-state index < -0.39 is 16.7 Å². The van der Waals surface area contributed by atoms with Crippen molar-refractivity contribution in [1.29, 1.82) is 0 Å². The number of carbonyl (C=O) groups is 2. The highest BCUT2D eigenvalue weighted by molar-refractivity contribution is 6.31. The molecule has 2 heterocycles. The van der Waals surface area contributed by atoms with Gasteiger partial charge in [-0.25, -0.2) is 4.79 Å². The highest BCUT2D eigenvalue weighted by Crippen LogP contribution is 2.53. The second kappa shape index (κ2) is 7.72. The number of fused-ring (bicyclic) bond motifs is 2. The van der Waals surface area contributed by atoms with Gasteiger partial charge in [-0.2, -0.15) is 0 Å². The largest absolute Gasteiger partial charge is 0.444 e. The molecule has 0 unspecified atom stereocenters. The number of ether oxygens (including phenoxy) is 2. The number of amides is 2. The summed E-state index contributed by atoms with van der Waals surface area (Å²) in [4.78, 5) is 26.0. The van der Waals surface area contributed by atoms with Crippen LogP contribution in [-0.2, 0) is 19.9 Å². The molecule has 1 aromatic rings. The van der Waals surface area contributed by atoms with Crippen molar-refractivity contribution in [2.24, 2.45) is 0 Å². The Morgan fingerprint density at radius 3 is 2.33 bits per heavy atom. The van der Waals surface area contributed by atoms with Gasteiger partial charge in [0.1, 0.15) is 11.7 Å². The SMILES string of the molecule is CC(=O)NC(C)(C)[C@H]1OC2(CCN(C(=O)OC(C)(C)C)CC2)c2cc(Cl)c(C)cc21. The van der Waals surface area contributed by atoms with E-state index in [9.17, 15) is 9.59 Å². The van der Waals surface area contributed by atoms with Gasteiger partial charge in [-0.1, -0.05) is 17.7 Å². The van der Waals surface area contributed by atoms with Crippen LogP contribution in [0, 0.1) is 6.92 Å². The predicted octanol–water partition coefficient (Wildman–Crippen LogP) is 4.86. The van der Waals surface area contributed by atoms with E-state index in [2.05, 4.69) is 11.4 Å². The molecule has 0 radical (unpaired) electrons. The third kappa shape index (κ3) is 4.45. The van der Waals surface area contributed by atoms with Crippen molar-refractivity contribution in [2.45, 2.75) is 84.2 Å². The van der Waals surface area contributed by atoms with Crippen LogP contribution >= 0.6 is 11.6 Å². The first-order valence-corrected chi connectivity index (χ1v) is 10.9. The molecule has 1 aromatic carbocycles. The van der Waals surface area contributed by atoms with Gasteiger partial charge in [0.05, 0.1) is 11.1 Å². The molecular formula is C23H33ClN2O4. The maximum absolute atomic E-state index is 12.5. The van der Waals surface area contributed by atoms with Gasteiger partial charge in [0.2, 0.25) is 5.91 Å². The van der Waals surface area contributed by atoms with Gasteiger partial charge < -0.3 is 19.7 Å². The standard InChI is InChI=1S/C23H33ClN2O4/c1-14-12-16-17(13-18(14)24)23(29-19(16)22(6,7)25-15(2)27)8-10-26(11-9-23)20(28)30-21(3,4)5/h12-13,19H,8-11H2,1-7H3,(H,25,27)/t19-/m0/s1. The van der Waals surface area contributed by atoms with Crippen LogP contribution in [-0.4, -0.2) is 41.1 Å². The molecule has 1 spiro atoms. The van der Waals surface area contributed by atoms with Crippen LogP contribution in [0.25, 0.3) is 0 Å². The number of rotatable bonds is 2. The van der Waals surface area contributed by atoms with Crippen LogP contribution < -0.4 is 5.32 Å². The summed E-state index contributed by atoms with van der Waals surface area (Å²) in [7, 11) is 0. The summed E-state index contributed by atoms with van der Waals surface area (Å²) < 4.78 is 12.2. The van der Waals surface area contributed by atoms with Gasteiger partial charge in [0.15, 0.2) is 0 Å². The molecule has 0 bridgehead atoms. The van der Waals surface area contributed by atoms with Crippen LogP contribution in [0.15, 0.2) is 12.1 Å². The zero-order chi connectivity index (χ0) is 22.5. The molecule has 166 valence electrons. The lowest BCUT2D eigenvalue weighted by Crippen LogP contribution is -2.50. The molecule has 0 aliphatic carbocycles. The van der Waals surface area contributed by atoms with E-state index in [-0.39, 0.29) is 18.1 Å². The Morgan fingerprint density at radius 1 is 1.20 bits per heavy atom. The number of nitrogens with one attached hydrogen (secondary N) is 1. The van der Waals surface area contributed by atoms with Crippen LogP contribution in [0.5, 0.6) is 0 Å². The lowest BCUT2D eigenvalue weighted by atomic mass is 9.81. The Hall–Kier alpha value is -1.79. The number of carbonyl (C=O) groups excluding carboxylic acids is 2. The van der Waals surface area contributed by atoms with E-state index in [0.717, 1.165) is 16.7 Å². The van der Waals surface area contributed by atoms with Crippen LogP contribution in [0.3, 0.4) is 0 Å². The maximum atomic E-state index is 12.5. The topological polar surface area (TPSA) is 67.9 Å². The highest BCUT2D eigenvalue weighted by atomic mass is 35.5. The number of benzene rings is 1. The van der Waals surface area contributed by atoms with Gasteiger partial charge in [-0.15, -0.1) is 0 Å². The number of aryl methyl sites for hydroxylation is 1. The van der Waals surface area contributed by atoms with E-state index >= 15 is 0 Å². The average Bonchev–Trinajstić information content (AvgIpc) is 2.88. The lowest BCUT2D eigenvalue weighted by Gasteiger charge is -2.41. The summed E-state index contributed by atoms with van der Waals surface area (Å²) in [6.45, 7) is 14.1. The van der Waals surface area contributed by atoms with E-state index in [1.165, 1.54) is 6.92 Å². The fourth-order valence-electron chi connectivity index (χ4n) is 4.49. The molecule has 2 aliphatic rings. The quantitative estimate of drug-likeness (QED) is 0.718. The second-order valence-corrected chi connectivity index (χ2v) is 10.5. The first-order valence-electron chi connectivity index (χ1n) is 10.5. The summed E-state index contributed by atoms with van der Waals surface area (Å²) in [5.41, 5.74) is 1.44. The number of piperidine rings is 1. The molecule has 0 aromatic heterocycles. The molecule has 3 rings (SSSR count). The average molecular weight is 437 g/mol. The third-order valence-corrected chi connectivity index (χ3v) is 6.23. The monoisotopic (exact) mass is 436 g/mol. The summed E-state index contributed by atoms with van der Waals surface area (Å²) in [6, 6.07) is 4.07. The van der Waals surface area contributed by atoms with E-state index in [0.29, 0.717) is 31.0 Å². The minimum Gasteiger partial charge on any atom is -0.444 e. The molecule has 1 saturated heterocycles. The van der Waals surface area contributed by atoms with Crippen molar-refractivity contribution in [1.82, 2.24) is 10.2 Å². The summed E-state index contributed by atoms with van der Waals surface area (Å²) >= 11 is 6.48. The molecule has 1 atom stereocenters. The lowest BCUT2D eigenvalue weighted by molar-refractivity contribution is -0.140. The molecule has 30 heavy (non-hydrogen) atoms. The van der Waals surface area contributed by atoms with Crippen molar-refractivity contribution in [3.05, 3.63) is 33.8 Å². The molecule has 0 saturated carbocycles. The highest BCUT2D eigenvalue weighted by Gasteiger charge is 2.52. The van der Waals surface area contributed by atoms with Gasteiger partial charge in [-0.05, 0) is 77.1 Å². The van der Waals surface area contributed by atoms with Gasteiger partial charge in [0, 0.05) is 25.0 Å². The maximum Gasteiger partial charge on any atom is 0.410 e. The van der Waals surface area contributed by atoms with Crippen molar-refractivity contribution in [2.75, 3.05) is 13.1 Å². The molecule has 6 nitrogen and oxygen atoms in total. The number of halogens is 1. The molecular weight excluding hydrogens is 404 g/mol. The van der Waals surface area contributed by atoms with Crippen molar-refractivity contribution in [3.8, 4) is 0 Å². The normalized spacial score (nSPS) is 20.8. The van der Waals surface area contributed by atoms with E-state index in [4.69, 9.17) is 21.1 Å². The number of hydrogen-bond acceptors (Lipinski definition) is 4. The number of hydrogen-bond donors (Lipinski definition) is 1. The zero-order valence-corrected chi connectivity index (χ0v) is 19.8. The molecule has 2 amide bonds. The second-order valence-electron chi connectivity index (χ2n) is 10.1. The van der Waals surface area contributed by atoms with Gasteiger partial charge in [-0.3, -0.25) is 4.79 Å². The third-order valence-electron chi connectivity index (χ3n) is 5.82. The fourth-order valence-corrected chi connectivity index (χ4v) is 4.65. The Balaban J connectivity index is 1.90. The van der Waals surface area contributed by atoms with Crippen molar-refractivity contribution >= 4 is 23.6 Å². The fraction of sp³-hybridized carbons (Fsp3) is 0.652. The van der Waals surface area contributed by atoms with Crippen molar-refractivity contribution < 1.29 is 19.1 Å². The summed E-state index contributed by atoms with van der Waals surface area (Å²) in [5, 5.41) is 3.73. The summed E-state index contributed by atoms with van der Waals surface area (Å²) in [5.74, 6) is -0.100. The molecule has 7 heteroatoms. The number of likely N-dealkylation sites (tertiary alicyclic amines) is 1. The minimum atomic E-state index is -0.591. The molecule has 1 N–H and O–H groups in total. The van der Waals surface area contributed by atoms with Crippen LogP contribution in [0.1, 0.15) is 77.2 Å². The van der Waals surface area contributed by atoms with E-state index in [1.54, 1.807) is 4.90 Å². The van der Waals surface area contributed by atoms with Gasteiger partial charge >= 0.3 is 6.09 Å². The van der Waals surface area contributed by atoms with Gasteiger partial charge in [0.25, 0.3) is 0 Å². The smallest absolute Gasteiger partial charge is 0.410 e. The Kier molecular flexibility index (Phi) is 5.89. The summed E-state index contributed by atoms with van der Waals surface area (Å²) in [6.07, 6.45) is 0.685. The predicted molar refractivity (Wildman–Crippen MR) is 117 cm³/mol. The number of nitrogens with zero attached hydrogens (tertiary/aromatic N) is 1. The minimum absolute atomic E-state index is 0.100. The zero-order valence-electron chi connectivity index (χ0n) is 19.0. The van der Waals surface area contributed by atoms with E-state index in [1.807, 2.05) is 47.6 Å². The van der Waals surface area contributed by atoms with Crippen LogP contribution in [0.4, 0.5) is 4.79 Å². The van der Waals surface area contributed by atoms with Crippen LogP contribution in [0.2, 0.25) is 5.02 Å². The first kappa shape index (κ1) is 22.9. The first-order chi connectivity index (χ1) is 13.7. The Labute approximate surface area is 184 Å². The van der Waals surface area contributed by atoms with Crippen molar-refractivity contribution in [3.63, 3.8) is 0 Å². The molecule has 1 fully saturated rings.